The Morgan fingerprint density at radius 2 is 2.33 bits per heavy atom. The third kappa shape index (κ3) is 7.53. The van der Waals surface area contributed by atoms with Crippen molar-refractivity contribution in [3.05, 3.63) is 0 Å². The van der Waals surface area contributed by atoms with E-state index in [4.69, 9.17) is 5.11 Å². The predicted octanol–water partition coefficient (Wildman–Crippen LogP) is 0.807. The highest BCUT2D eigenvalue weighted by molar-refractivity contribution is 7.17. The van der Waals surface area contributed by atoms with Gasteiger partial charge in [0.15, 0.2) is 0 Å². The molecule has 5 heteroatoms. The number of carbonyl (C=O) groups is 1. The summed E-state index contributed by atoms with van der Waals surface area (Å²) in [4.78, 5) is 9.83. The van der Waals surface area contributed by atoms with E-state index in [0.717, 1.165) is 0 Å². The van der Waals surface area contributed by atoms with Crippen molar-refractivity contribution >= 4 is 14.7 Å². The molecule has 0 spiro atoms. The van der Waals surface area contributed by atoms with Gasteiger partial charge >= 0.3 is 14.7 Å². The molecule has 0 aliphatic carbocycles. The lowest BCUT2D eigenvalue weighted by Crippen LogP contribution is -1.95. The van der Waals surface area contributed by atoms with Gasteiger partial charge in [0, 0.05) is 6.42 Å². The van der Waals surface area contributed by atoms with Gasteiger partial charge < -0.3 is 5.11 Å². The number of hydrogen-bond acceptors (Lipinski definition) is 3. The fourth-order valence-electron chi connectivity index (χ4n) is 0.337. The van der Waals surface area contributed by atoms with Gasteiger partial charge in [-0.25, -0.2) is 0 Å². The van der Waals surface area contributed by atoms with E-state index < -0.39 is 14.7 Å². The maximum absolute atomic E-state index is 9.83. The Hall–Kier alpha value is -0.470. The average Bonchev–Trinajstić information content (AvgIpc) is 1.80. The van der Waals surface area contributed by atoms with Crippen LogP contribution in [0, 0.1) is 0 Å². The zero-order chi connectivity index (χ0) is 7.11. The average molecular weight is 151 g/mol. The van der Waals surface area contributed by atoms with Gasteiger partial charge in [-0.05, 0) is 11.0 Å². The number of aliphatic carboxylic acids is 1. The Morgan fingerprint density at radius 1 is 1.67 bits per heavy atom. The van der Waals surface area contributed by atoms with Crippen LogP contribution >= 0.6 is 8.69 Å². The Kier molecular flexibility index (Phi) is 5.37. The third-order valence-electron chi connectivity index (χ3n) is 0.696. The van der Waals surface area contributed by atoms with E-state index >= 15 is 0 Å². The summed E-state index contributed by atoms with van der Waals surface area (Å²) >= 11 is 0. The van der Waals surface area contributed by atoms with Crippen molar-refractivity contribution in [2.45, 2.75) is 12.8 Å². The minimum Gasteiger partial charge on any atom is -0.481 e. The first kappa shape index (κ1) is 8.53. The zero-order valence-electron chi connectivity index (χ0n) is 4.79. The molecule has 0 bridgehead atoms. The first-order valence-corrected chi connectivity index (χ1v) is 3.29. The number of carboxylic acid groups (broad SMARTS) is 1. The quantitative estimate of drug-likeness (QED) is 0.466. The third-order valence-corrected chi connectivity index (χ3v) is 1.02. The van der Waals surface area contributed by atoms with E-state index in [1.165, 1.54) is 0 Å². The highest BCUT2D eigenvalue weighted by atomic mass is 31.1. The molecule has 0 aliphatic heterocycles. The summed E-state index contributed by atoms with van der Waals surface area (Å²) < 4.78 is 14.0. The van der Waals surface area contributed by atoms with Crippen molar-refractivity contribution in [1.82, 2.24) is 0 Å². The van der Waals surface area contributed by atoms with Gasteiger partial charge in [-0.3, -0.25) is 4.79 Å². The second kappa shape index (κ2) is 5.66. The normalized spacial score (nSPS) is 9.78. The molecule has 0 aromatic rings. The largest absolute Gasteiger partial charge is 0.494 e. The highest BCUT2D eigenvalue weighted by Crippen LogP contribution is 1.97. The Labute approximate surface area is 54.1 Å². The topological polar surface area (TPSA) is 63.6 Å². The summed E-state index contributed by atoms with van der Waals surface area (Å²) in [7, 11) is -0.782. The molecule has 0 heterocycles. The van der Waals surface area contributed by atoms with Crippen LogP contribution in [-0.4, -0.2) is 17.7 Å². The van der Waals surface area contributed by atoms with Crippen molar-refractivity contribution in [1.29, 1.82) is 0 Å². The van der Waals surface area contributed by atoms with E-state index in [1.807, 2.05) is 0 Å². The summed E-state index contributed by atoms with van der Waals surface area (Å²) in [5.74, 6) is -0.854. The van der Waals surface area contributed by atoms with Gasteiger partial charge in [0.25, 0.3) is 0 Å². The molecule has 0 fully saturated rings. The zero-order valence-corrected chi connectivity index (χ0v) is 5.79. The molecule has 0 saturated carbocycles. The molecule has 0 saturated heterocycles. The Morgan fingerprint density at radius 3 is 2.78 bits per heavy atom. The summed E-state index contributed by atoms with van der Waals surface area (Å²) in [6, 6.07) is 0. The minimum absolute atomic E-state index is 0.0739. The Balaban J connectivity index is 2.91. The highest BCUT2D eigenvalue weighted by Gasteiger charge is 1.97. The lowest BCUT2D eigenvalue weighted by atomic mass is 10.3. The molecule has 0 aromatic heterocycles. The maximum atomic E-state index is 9.83. The smallest absolute Gasteiger partial charge is 0.481 e. The van der Waals surface area contributed by atoms with Crippen LogP contribution in [0.3, 0.4) is 0 Å². The van der Waals surface area contributed by atoms with Crippen molar-refractivity contribution in [2.24, 2.45) is 0 Å². The van der Waals surface area contributed by atoms with E-state index in [1.54, 1.807) is 0 Å². The van der Waals surface area contributed by atoms with E-state index in [9.17, 15) is 9.36 Å². The van der Waals surface area contributed by atoms with Crippen LogP contribution in [0.25, 0.3) is 0 Å². The second-order valence-corrected chi connectivity index (χ2v) is 1.88. The molecular formula is C4H8O4P+. The van der Waals surface area contributed by atoms with Crippen LogP contribution < -0.4 is 0 Å². The van der Waals surface area contributed by atoms with Gasteiger partial charge in [-0.15, -0.1) is 4.52 Å². The van der Waals surface area contributed by atoms with Crippen molar-refractivity contribution in [2.75, 3.05) is 6.61 Å². The molecule has 1 atom stereocenters. The molecule has 4 nitrogen and oxygen atoms in total. The van der Waals surface area contributed by atoms with E-state index in [2.05, 4.69) is 4.52 Å². The van der Waals surface area contributed by atoms with E-state index in [0.29, 0.717) is 6.42 Å². The predicted molar refractivity (Wildman–Crippen MR) is 31.8 cm³/mol. The number of hydrogen-bond donors (Lipinski definition) is 1. The first-order chi connectivity index (χ1) is 4.27. The van der Waals surface area contributed by atoms with Crippen LogP contribution in [0.15, 0.2) is 0 Å². The maximum Gasteiger partial charge on any atom is 0.494 e. The minimum atomic E-state index is -0.854. The number of carboxylic acids is 1. The molecule has 0 rings (SSSR count). The van der Waals surface area contributed by atoms with Crippen LogP contribution in [0.2, 0.25) is 0 Å². The molecule has 0 radical (unpaired) electrons. The standard InChI is InChI=1S/C4H7O4P/c5-4(6)2-1-3-8-9-7/h9H,1-3H2/p+1. The fraction of sp³-hybridized carbons (Fsp3) is 0.750. The molecule has 9 heavy (non-hydrogen) atoms. The van der Waals surface area contributed by atoms with Crippen LogP contribution in [-0.2, 0) is 13.9 Å². The van der Waals surface area contributed by atoms with Gasteiger partial charge in [0.05, 0.1) is 0 Å². The lowest BCUT2D eigenvalue weighted by Gasteiger charge is -1.86. The van der Waals surface area contributed by atoms with Gasteiger partial charge in [-0.1, -0.05) is 0 Å². The SMILES string of the molecule is O=[PH+]OCCCC(=O)O. The molecule has 0 aromatic carbocycles. The fourth-order valence-corrected chi connectivity index (χ4v) is 0.565. The van der Waals surface area contributed by atoms with Crippen molar-refractivity contribution in [3.8, 4) is 0 Å². The van der Waals surface area contributed by atoms with Crippen LogP contribution in [0.4, 0.5) is 0 Å². The van der Waals surface area contributed by atoms with E-state index in [-0.39, 0.29) is 13.0 Å². The molecular weight excluding hydrogens is 143 g/mol. The summed E-state index contributed by atoms with van der Waals surface area (Å²) in [5, 5.41) is 8.08. The van der Waals surface area contributed by atoms with Gasteiger partial charge in [-0.2, -0.15) is 0 Å². The molecule has 0 aliphatic rings. The first-order valence-electron chi connectivity index (χ1n) is 2.48. The second-order valence-electron chi connectivity index (χ2n) is 1.43. The van der Waals surface area contributed by atoms with Gasteiger partial charge in [0.2, 0.25) is 0 Å². The van der Waals surface area contributed by atoms with Gasteiger partial charge in [0.1, 0.15) is 6.61 Å². The molecule has 52 valence electrons. The van der Waals surface area contributed by atoms with Crippen LogP contribution in [0.5, 0.6) is 0 Å². The van der Waals surface area contributed by atoms with Crippen molar-refractivity contribution < 1.29 is 19.0 Å². The summed E-state index contributed by atoms with van der Waals surface area (Å²) in [5.41, 5.74) is 0. The molecule has 1 N–H and O–H groups in total. The van der Waals surface area contributed by atoms with Crippen molar-refractivity contribution in [3.63, 3.8) is 0 Å². The Bertz CT molecular complexity index is 103. The summed E-state index contributed by atoms with van der Waals surface area (Å²) in [6.45, 7) is 0.258. The monoisotopic (exact) mass is 151 g/mol. The number of rotatable bonds is 5. The van der Waals surface area contributed by atoms with Crippen LogP contribution in [0.1, 0.15) is 12.8 Å². The molecule has 0 amide bonds. The lowest BCUT2D eigenvalue weighted by molar-refractivity contribution is -0.137. The molecule has 1 unspecified atom stereocenters. The summed E-state index contributed by atoms with van der Waals surface area (Å²) in [6.07, 6.45) is 0.495.